The zero-order valence-corrected chi connectivity index (χ0v) is 9.71. The largest absolute Gasteiger partial charge is 0.481 e. The van der Waals surface area contributed by atoms with E-state index in [1.807, 2.05) is 12.3 Å². The highest BCUT2D eigenvalue weighted by atomic mass is 32.1. The van der Waals surface area contributed by atoms with Gasteiger partial charge in [0, 0.05) is 11.4 Å². The number of carboxylic acid groups (broad SMARTS) is 1. The summed E-state index contributed by atoms with van der Waals surface area (Å²) in [6.07, 6.45) is 0.525. The van der Waals surface area contributed by atoms with Crippen molar-refractivity contribution >= 4 is 29.0 Å². The van der Waals surface area contributed by atoms with Crippen LogP contribution in [0.15, 0.2) is 16.8 Å². The van der Waals surface area contributed by atoms with Gasteiger partial charge in [0.2, 0.25) is 0 Å². The lowest BCUT2D eigenvalue weighted by Gasteiger charge is -2.14. The number of carbonyl (C=O) groups excluding carboxylic acids is 1. The van der Waals surface area contributed by atoms with Crippen molar-refractivity contribution in [3.05, 3.63) is 16.8 Å². The molecule has 0 saturated carbocycles. The summed E-state index contributed by atoms with van der Waals surface area (Å²) < 4.78 is 0. The summed E-state index contributed by atoms with van der Waals surface area (Å²) in [6.45, 7) is 1.83. The number of nitrogens with one attached hydrogen (secondary N) is 2. The van der Waals surface area contributed by atoms with E-state index in [1.165, 1.54) is 11.3 Å². The first-order chi connectivity index (χ1) is 7.61. The van der Waals surface area contributed by atoms with E-state index in [4.69, 9.17) is 5.11 Å². The second-order valence-corrected chi connectivity index (χ2v) is 4.09. The van der Waals surface area contributed by atoms with Crippen LogP contribution in [0.2, 0.25) is 0 Å². The summed E-state index contributed by atoms with van der Waals surface area (Å²) in [5.41, 5.74) is 0.715. The molecule has 1 aromatic heterocycles. The lowest BCUT2D eigenvalue weighted by molar-refractivity contribution is -0.137. The van der Waals surface area contributed by atoms with E-state index in [1.54, 1.807) is 11.4 Å². The third kappa shape index (κ3) is 4.31. The highest BCUT2D eigenvalue weighted by Crippen LogP contribution is 2.11. The molecule has 0 aliphatic rings. The highest BCUT2D eigenvalue weighted by Gasteiger charge is 2.13. The minimum Gasteiger partial charge on any atom is -0.481 e. The van der Waals surface area contributed by atoms with Crippen molar-refractivity contribution in [2.45, 2.75) is 25.8 Å². The molecule has 0 fully saturated rings. The van der Waals surface area contributed by atoms with Crippen LogP contribution >= 0.6 is 11.3 Å². The maximum atomic E-state index is 11.5. The fourth-order valence-corrected chi connectivity index (χ4v) is 1.78. The average Bonchev–Trinajstić information content (AvgIpc) is 2.68. The normalized spacial score (nSPS) is 11.8. The van der Waals surface area contributed by atoms with E-state index in [-0.39, 0.29) is 18.5 Å². The molecule has 3 N–H and O–H groups in total. The predicted molar refractivity (Wildman–Crippen MR) is 62.8 cm³/mol. The van der Waals surface area contributed by atoms with Gasteiger partial charge in [-0.2, -0.15) is 11.3 Å². The summed E-state index contributed by atoms with van der Waals surface area (Å²) in [4.78, 5) is 21.9. The molecule has 6 heteroatoms. The van der Waals surface area contributed by atoms with Crippen molar-refractivity contribution in [3.8, 4) is 0 Å². The summed E-state index contributed by atoms with van der Waals surface area (Å²) >= 11 is 1.48. The molecule has 0 aromatic carbocycles. The summed E-state index contributed by atoms with van der Waals surface area (Å²) in [7, 11) is 0. The van der Waals surface area contributed by atoms with Gasteiger partial charge in [-0.05, 0) is 17.9 Å². The molecular formula is C10H14N2O3S. The third-order valence-corrected chi connectivity index (χ3v) is 2.71. The lowest BCUT2D eigenvalue weighted by atomic mass is 10.1. The number of hydrogen-bond donors (Lipinski definition) is 3. The van der Waals surface area contributed by atoms with Crippen molar-refractivity contribution in [2.75, 3.05) is 5.32 Å². The number of anilines is 1. The predicted octanol–water partition coefficient (Wildman–Crippen LogP) is 2.12. The summed E-state index contributed by atoms with van der Waals surface area (Å²) in [5.74, 6) is -0.914. The van der Waals surface area contributed by atoms with Gasteiger partial charge in [-0.1, -0.05) is 6.92 Å². The van der Waals surface area contributed by atoms with Gasteiger partial charge in [-0.3, -0.25) is 4.79 Å². The second-order valence-electron chi connectivity index (χ2n) is 3.31. The molecule has 1 atom stereocenters. The first-order valence-electron chi connectivity index (χ1n) is 4.93. The van der Waals surface area contributed by atoms with Gasteiger partial charge in [0.25, 0.3) is 0 Å². The lowest BCUT2D eigenvalue weighted by Crippen LogP contribution is -2.38. The van der Waals surface area contributed by atoms with E-state index in [0.29, 0.717) is 12.1 Å². The standard InChI is InChI=1S/C10H14N2O3S/c1-2-7(5-9(13)14)11-10(15)12-8-3-4-16-6-8/h3-4,6-7H,2,5H2,1H3,(H,13,14)(H2,11,12,15). The molecule has 2 amide bonds. The van der Waals surface area contributed by atoms with E-state index in [2.05, 4.69) is 10.6 Å². The summed E-state index contributed by atoms with van der Waals surface area (Å²) in [6, 6.07) is 1.07. The van der Waals surface area contributed by atoms with Crippen molar-refractivity contribution in [2.24, 2.45) is 0 Å². The van der Waals surface area contributed by atoms with Crippen LogP contribution in [0.3, 0.4) is 0 Å². The van der Waals surface area contributed by atoms with Crippen molar-refractivity contribution in [1.29, 1.82) is 0 Å². The number of rotatable bonds is 5. The SMILES string of the molecule is CCC(CC(=O)O)NC(=O)Nc1ccsc1. The van der Waals surface area contributed by atoms with Crippen molar-refractivity contribution in [3.63, 3.8) is 0 Å². The number of urea groups is 1. The number of hydrogen-bond acceptors (Lipinski definition) is 3. The van der Waals surface area contributed by atoms with Gasteiger partial charge in [0.05, 0.1) is 12.1 Å². The minimum atomic E-state index is -0.914. The first kappa shape index (κ1) is 12.5. The quantitative estimate of drug-likeness (QED) is 0.740. The third-order valence-electron chi connectivity index (χ3n) is 2.03. The molecule has 0 aliphatic heterocycles. The molecule has 5 nitrogen and oxygen atoms in total. The van der Waals surface area contributed by atoms with Crippen LogP contribution in [0, 0.1) is 0 Å². The maximum Gasteiger partial charge on any atom is 0.319 e. The van der Waals surface area contributed by atoms with E-state index in [9.17, 15) is 9.59 Å². The zero-order valence-electron chi connectivity index (χ0n) is 8.90. The van der Waals surface area contributed by atoms with E-state index >= 15 is 0 Å². The van der Waals surface area contributed by atoms with Gasteiger partial charge in [-0.15, -0.1) is 0 Å². The van der Waals surface area contributed by atoms with Crippen LogP contribution in [0.1, 0.15) is 19.8 Å². The number of aliphatic carboxylic acids is 1. The second kappa shape index (κ2) is 6.12. The molecule has 0 aliphatic carbocycles. The Morgan fingerprint density at radius 2 is 2.31 bits per heavy atom. The monoisotopic (exact) mass is 242 g/mol. The molecule has 0 spiro atoms. The number of carboxylic acids is 1. The minimum absolute atomic E-state index is 0.0619. The van der Waals surface area contributed by atoms with Crippen LogP contribution < -0.4 is 10.6 Å². The Kier molecular flexibility index (Phi) is 4.78. The summed E-state index contributed by atoms with van der Waals surface area (Å²) in [5, 5.41) is 17.5. The Balaban J connectivity index is 2.40. The van der Waals surface area contributed by atoms with Gasteiger partial charge >= 0.3 is 12.0 Å². The topological polar surface area (TPSA) is 78.4 Å². The van der Waals surface area contributed by atoms with Crippen LogP contribution in [-0.2, 0) is 4.79 Å². The Labute approximate surface area is 97.5 Å². The van der Waals surface area contributed by atoms with Gasteiger partial charge in [0.1, 0.15) is 0 Å². The molecule has 1 rings (SSSR count). The van der Waals surface area contributed by atoms with Crippen molar-refractivity contribution < 1.29 is 14.7 Å². The van der Waals surface area contributed by atoms with Crippen LogP contribution in [-0.4, -0.2) is 23.1 Å². The fraction of sp³-hybridized carbons (Fsp3) is 0.400. The molecule has 0 radical (unpaired) electrons. The Morgan fingerprint density at radius 3 is 2.81 bits per heavy atom. The zero-order chi connectivity index (χ0) is 12.0. The fourth-order valence-electron chi connectivity index (χ4n) is 1.20. The van der Waals surface area contributed by atoms with E-state index < -0.39 is 5.97 Å². The maximum absolute atomic E-state index is 11.5. The van der Waals surface area contributed by atoms with Crippen molar-refractivity contribution in [1.82, 2.24) is 5.32 Å². The molecule has 1 unspecified atom stereocenters. The molecule has 0 bridgehead atoms. The Bertz CT molecular complexity index is 351. The Morgan fingerprint density at radius 1 is 1.56 bits per heavy atom. The molecule has 1 heterocycles. The van der Waals surface area contributed by atoms with Gasteiger partial charge in [-0.25, -0.2) is 4.79 Å². The highest BCUT2D eigenvalue weighted by molar-refractivity contribution is 7.08. The van der Waals surface area contributed by atoms with Crippen LogP contribution in [0.5, 0.6) is 0 Å². The van der Waals surface area contributed by atoms with Crippen LogP contribution in [0.4, 0.5) is 10.5 Å². The Hall–Kier alpha value is -1.56. The van der Waals surface area contributed by atoms with E-state index in [0.717, 1.165) is 0 Å². The average molecular weight is 242 g/mol. The number of amides is 2. The molecule has 1 aromatic rings. The van der Waals surface area contributed by atoms with Gasteiger partial charge in [0.15, 0.2) is 0 Å². The number of carbonyl (C=O) groups is 2. The smallest absolute Gasteiger partial charge is 0.319 e. The molecule has 16 heavy (non-hydrogen) atoms. The van der Waals surface area contributed by atoms with Gasteiger partial charge < -0.3 is 15.7 Å². The van der Waals surface area contributed by atoms with Crippen LogP contribution in [0.25, 0.3) is 0 Å². The first-order valence-corrected chi connectivity index (χ1v) is 5.87. The molecular weight excluding hydrogens is 228 g/mol. The number of thiophene rings is 1. The molecule has 0 saturated heterocycles. The molecule has 88 valence electrons.